The monoisotopic (exact) mass is 458 g/mol. The molecule has 7 heteroatoms. The number of ether oxygens (including phenoxy) is 2. The molecule has 33 heavy (non-hydrogen) atoms. The van der Waals surface area contributed by atoms with Crippen LogP contribution in [0.25, 0.3) is 10.8 Å². The number of rotatable bonds is 6. The van der Waals surface area contributed by atoms with Crippen molar-refractivity contribution >= 4 is 40.5 Å². The molecule has 0 unspecified atom stereocenters. The van der Waals surface area contributed by atoms with Gasteiger partial charge in [0.1, 0.15) is 11.5 Å². The van der Waals surface area contributed by atoms with Crippen molar-refractivity contribution in [3.05, 3.63) is 107 Å². The third-order valence-corrected chi connectivity index (χ3v) is 5.14. The summed E-state index contributed by atoms with van der Waals surface area (Å²) >= 11 is 5.95. The van der Waals surface area contributed by atoms with Crippen molar-refractivity contribution in [3.8, 4) is 11.5 Å². The van der Waals surface area contributed by atoms with E-state index < -0.39 is 11.9 Å². The smallest absolute Gasteiger partial charge is 0.343 e. The van der Waals surface area contributed by atoms with Gasteiger partial charge in [-0.15, -0.1) is 0 Å². The maximum atomic E-state index is 12.7. The van der Waals surface area contributed by atoms with Crippen LogP contribution in [0, 0.1) is 0 Å². The average Bonchev–Trinajstić information content (AvgIpc) is 2.85. The number of fused-ring (bicyclic) bond motifs is 1. The minimum Gasteiger partial charge on any atom is -0.497 e. The van der Waals surface area contributed by atoms with Gasteiger partial charge in [-0.2, -0.15) is 5.10 Å². The van der Waals surface area contributed by atoms with Gasteiger partial charge in [-0.05, 0) is 59.3 Å². The molecule has 0 aromatic heterocycles. The summed E-state index contributed by atoms with van der Waals surface area (Å²) in [6.07, 6.45) is 1.46. The van der Waals surface area contributed by atoms with Crippen LogP contribution >= 0.6 is 11.6 Å². The number of carbonyl (C=O) groups excluding carboxylic acids is 2. The Morgan fingerprint density at radius 2 is 1.70 bits per heavy atom. The highest BCUT2D eigenvalue weighted by atomic mass is 35.5. The van der Waals surface area contributed by atoms with Crippen LogP contribution < -0.4 is 14.9 Å². The van der Waals surface area contributed by atoms with E-state index in [4.69, 9.17) is 21.1 Å². The van der Waals surface area contributed by atoms with Gasteiger partial charge in [-0.1, -0.05) is 48.0 Å². The number of carbonyl (C=O) groups is 2. The van der Waals surface area contributed by atoms with Crippen LogP contribution in [0.1, 0.15) is 26.3 Å². The van der Waals surface area contributed by atoms with E-state index in [1.165, 1.54) is 6.21 Å². The van der Waals surface area contributed by atoms with E-state index in [2.05, 4.69) is 10.5 Å². The number of hydrogen-bond acceptors (Lipinski definition) is 5. The van der Waals surface area contributed by atoms with E-state index in [0.29, 0.717) is 33.2 Å². The molecule has 4 aromatic rings. The maximum absolute atomic E-state index is 12.7. The SMILES string of the molecule is COc1ccc(C(=O)Oc2ccc3ccccc3c2/C=N\NC(=O)c2cccc(Cl)c2)cc1. The first kappa shape index (κ1) is 22.0. The topological polar surface area (TPSA) is 77.0 Å². The molecule has 0 aliphatic heterocycles. The second-order valence-electron chi connectivity index (χ2n) is 7.03. The molecule has 1 amide bonds. The van der Waals surface area contributed by atoms with Crippen molar-refractivity contribution in [3.63, 3.8) is 0 Å². The van der Waals surface area contributed by atoms with E-state index >= 15 is 0 Å². The van der Waals surface area contributed by atoms with Crippen LogP contribution in [-0.2, 0) is 0 Å². The summed E-state index contributed by atoms with van der Waals surface area (Å²) in [5.74, 6) is 0.0205. The Kier molecular flexibility index (Phi) is 6.66. The number of hydrogen-bond donors (Lipinski definition) is 1. The van der Waals surface area contributed by atoms with E-state index in [-0.39, 0.29) is 0 Å². The van der Waals surface area contributed by atoms with Crippen LogP contribution in [0.4, 0.5) is 0 Å². The molecule has 0 aliphatic carbocycles. The molecule has 0 aliphatic rings. The Hall–Kier alpha value is -4.16. The number of methoxy groups -OCH3 is 1. The van der Waals surface area contributed by atoms with Crippen molar-refractivity contribution in [2.45, 2.75) is 0 Å². The highest BCUT2D eigenvalue weighted by Gasteiger charge is 2.14. The molecule has 6 nitrogen and oxygen atoms in total. The molecule has 0 spiro atoms. The summed E-state index contributed by atoms with van der Waals surface area (Å²) in [4.78, 5) is 25.1. The standard InChI is InChI=1S/C26H19ClN2O4/c1-32-21-12-9-18(10-13-21)26(31)33-24-14-11-17-5-2-3-8-22(17)23(24)16-28-29-25(30)19-6-4-7-20(27)15-19/h2-16H,1H3,(H,29,30)/b28-16-. The Morgan fingerprint density at radius 3 is 2.45 bits per heavy atom. The number of nitrogens with one attached hydrogen (secondary N) is 1. The van der Waals surface area contributed by atoms with Crippen LogP contribution in [0.3, 0.4) is 0 Å². The van der Waals surface area contributed by atoms with Gasteiger partial charge in [0.05, 0.1) is 18.9 Å². The van der Waals surface area contributed by atoms with E-state index in [1.807, 2.05) is 30.3 Å². The largest absolute Gasteiger partial charge is 0.497 e. The zero-order valence-electron chi connectivity index (χ0n) is 17.6. The third kappa shape index (κ3) is 5.19. The zero-order chi connectivity index (χ0) is 23.2. The van der Waals surface area contributed by atoms with E-state index in [1.54, 1.807) is 61.7 Å². The van der Waals surface area contributed by atoms with Crippen molar-refractivity contribution < 1.29 is 19.1 Å². The lowest BCUT2D eigenvalue weighted by Gasteiger charge is -2.11. The molecular weight excluding hydrogens is 440 g/mol. The second-order valence-corrected chi connectivity index (χ2v) is 7.46. The summed E-state index contributed by atoms with van der Waals surface area (Å²) in [6.45, 7) is 0. The molecule has 0 atom stereocenters. The molecule has 0 saturated heterocycles. The van der Waals surface area contributed by atoms with Gasteiger partial charge in [0.2, 0.25) is 0 Å². The lowest BCUT2D eigenvalue weighted by molar-refractivity contribution is 0.0734. The number of esters is 1. The minimum atomic E-state index is -0.523. The minimum absolute atomic E-state index is 0.315. The first-order valence-electron chi connectivity index (χ1n) is 10.0. The van der Waals surface area contributed by atoms with Crippen molar-refractivity contribution in [2.24, 2.45) is 5.10 Å². The summed E-state index contributed by atoms with van der Waals surface area (Å²) in [5, 5.41) is 6.29. The molecule has 164 valence electrons. The number of nitrogens with zero attached hydrogens (tertiary/aromatic N) is 1. The lowest BCUT2D eigenvalue weighted by Crippen LogP contribution is -2.17. The van der Waals surface area contributed by atoms with Gasteiger partial charge in [0.25, 0.3) is 5.91 Å². The van der Waals surface area contributed by atoms with Gasteiger partial charge in [-0.25, -0.2) is 10.2 Å². The first-order chi connectivity index (χ1) is 16.0. The van der Waals surface area contributed by atoms with Crippen LogP contribution in [0.5, 0.6) is 11.5 Å². The third-order valence-electron chi connectivity index (χ3n) is 4.91. The molecule has 0 radical (unpaired) electrons. The molecule has 0 bridgehead atoms. The number of halogens is 1. The molecule has 1 N–H and O–H groups in total. The van der Waals surface area contributed by atoms with Crippen molar-refractivity contribution in [2.75, 3.05) is 7.11 Å². The average molecular weight is 459 g/mol. The van der Waals surface area contributed by atoms with Crippen LogP contribution in [-0.4, -0.2) is 25.2 Å². The Bertz CT molecular complexity index is 1350. The normalized spacial score (nSPS) is 10.8. The first-order valence-corrected chi connectivity index (χ1v) is 10.4. The number of benzene rings is 4. The lowest BCUT2D eigenvalue weighted by atomic mass is 10.0. The fourth-order valence-electron chi connectivity index (χ4n) is 3.23. The predicted octanol–water partition coefficient (Wildman–Crippen LogP) is 5.48. The summed E-state index contributed by atoms with van der Waals surface area (Å²) in [6, 6.07) is 24.3. The Balaban J connectivity index is 1.61. The van der Waals surface area contributed by atoms with Crippen LogP contribution in [0.15, 0.2) is 90.0 Å². The molecule has 0 saturated carbocycles. The Labute approximate surface area is 195 Å². The Morgan fingerprint density at radius 1 is 0.909 bits per heavy atom. The zero-order valence-corrected chi connectivity index (χ0v) is 18.4. The van der Waals surface area contributed by atoms with Gasteiger partial charge < -0.3 is 9.47 Å². The van der Waals surface area contributed by atoms with Gasteiger partial charge >= 0.3 is 5.97 Å². The van der Waals surface area contributed by atoms with Gasteiger partial charge in [-0.3, -0.25) is 4.79 Å². The van der Waals surface area contributed by atoms with E-state index in [0.717, 1.165) is 10.8 Å². The number of hydrazone groups is 1. The summed E-state index contributed by atoms with van der Waals surface area (Å²) < 4.78 is 10.8. The highest BCUT2D eigenvalue weighted by molar-refractivity contribution is 6.31. The molecular formula is C26H19ClN2O4. The molecule has 0 fully saturated rings. The van der Waals surface area contributed by atoms with Gasteiger partial charge in [0.15, 0.2) is 0 Å². The van der Waals surface area contributed by atoms with Crippen LogP contribution in [0.2, 0.25) is 5.02 Å². The van der Waals surface area contributed by atoms with Crippen molar-refractivity contribution in [1.29, 1.82) is 0 Å². The van der Waals surface area contributed by atoms with E-state index in [9.17, 15) is 9.59 Å². The maximum Gasteiger partial charge on any atom is 0.343 e. The fraction of sp³-hybridized carbons (Fsp3) is 0.0385. The molecule has 4 rings (SSSR count). The van der Waals surface area contributed by atoms with Crippen molar-refractivity contribution in [1.82, 2.24) is 5.43 Å². The summed E-state index contributed by atoms with van der Waals surface area (Å²) in [5.41, 5.74) is 3.79. The number of amides is 1. The fourth-order valence-corrected chi connectivity index (χ4v) is 3.42. The van der Waals surface area contributed by atoms with Gasteiger partial charge in [0, 0.05) is 16.1 Å². The molecule has 4 aromatic carbocycles. The molecule has 0 heterocycles. The predicted molar refractivity (Wildman–Crippen MR) is 128 cm³/mol. The second kappa shape index (κ2) is 9.97. The highest BCUT2D eigenvalue weighted by Crippen LogP contribution is 2.27. The quantitative estimate of drug-likeness (QED) is 0.179. The summed E-state index contributed by atoms with van der Waals surface area (Å²) in [7, 11) is 1.55.